The summed E-state index contributed by atoms with van der Waals surface area (Å²) in [4.78, 5) is 24.2. The molecule has 18 heavy (non-hydrogen) atoms. The Bertz CT molecular complexity index is 530. The molecule has 2 rings (SSSR count). The number of carboxylic acid groups (broad SMARTS) is 1. The molecule has 0 saturated carbocycles. The van der Waals surface area contributed by atoms with Gasteiger partial charge in [-0.25, -0.2) is 9.69 Å². The molecule has 2 amide bonds. The van der Waals surface area contributed by atoms with E-state index in [1.807, 2.05) is 20.8 Å². The fraction of sp³-hybridized carbons (Fsp3) is 0.385. The lowest BCUT2D eigenvalue weighted by Crippen LogP contribution is -2.38. The van der Waals surface area contributed by atoms with Crippen LogP contribution < -0.4 is 0 Å². The van der Waals surface area contributed by atoms with Crippen molar-refractivity contribution < 1.29 is 19.8 Å². The molecule has 0 spiro atoms. The van der Waals surface area contributed by atoms with Gasteiger partial charge in [0.25, 0.3) is 5.91 Å². The SMILES string of the molecule is CC(C)(C)C1c2ccc(O)cc2C(=O)N1C(=O)O. The van der Waals surface area contributed by atoms with Gasteiger partial charge in [-0.1, -0.05) is 26.8 Å². The first kappa shape index (κ1) is 12.4. The van der Waals surface area contributed by atoms with Gasteiger partial charge >= 0.3 is 6.09 Å². The number of aromatic hydroxyl groups is 1. The van der Waals surface area contributed by atoms with E-state index < -0.39 is 23.5 Å². The van der Waals surface area contributed by atoms with E-state index in [1.165, 1.54) is 12.1 Å². The van der Waals surface area contributed by atoms with E-state index >= 15 is 0 Å². The zero-order valence-electron chi connectivity index (χ0n) is 10.5. The lowest BCUT2D eigenvalue weighted by molar-refractivity contribution is 0.0583. The van der Waals surface area contributed by atoms with Crippen molar-refractivity contribution >= 4 is 12.0 Å². The zero-order chi connectivity index (χ0) is 13.7. The quantitative estimate of drug-likeness (QED) is 0.740. The van der Waals surface area contributed by atoms with E-state index in [0.717, 1.165) is 4.90 Å². The molecular weight excluding hydrogens is 234 g/mol. The van der Waals surface area contributed by atoms with Crippen LogP contribution in [-0.4, -0.2) is 27.1 Å². The number of imide groups is 1. The molecule has 1 heterocycles. The molecule has 1 atom stereocenters. The van der Waals surface area contributed by atoms with Gasteiger partial charge in [-0.3, -0.25) is 4.79 Å². The number of carbonyl (C=O) groups is 2. The monoisotopic (exact) mass is 249 g/mol. The Morgan fingerprint density at radius 3 is 2.44 bits per heavy atom. The number of nitrogens with zero attached hydrogens (tertiary/aromatic N) is 1. The lowest BCUT2D eigenvalue weighted by Gasteiger charge is -2.32. The van der Waals surface area contributed by atoms with Crippen LogP contribution in [0, 0.1) is 5.41 Å². The molecule has 1 aromatic carbocycles. The number of hydrogen-bond acceptors (Lipinski definition) is 3. The minimum atomic E-state index is -1.27. The summed E-state index contributed by atoms with van der Waals surface area (Å²) < 4.78 is 0. The summed E-state index contributed by atoms with van der Waals surface area (Å²) in [6, 6.07) is 3.87. The molecule has 1 aliphatic rings. The van der Waals surface area contributed by atoms with Crippen LogP contribution in [-0.2, 0) is 0 Å². The maximum Gasteiger partial charge on any atom is 0.414 e. The highest BCUT2D eigenvalue weighted by Crippen LogP contribution is 2.45. The minimum absolute atomic E-state index is 0.0398. The van der Waals surface area contributed by atoms with Crippen molar-refractivity contribution in [2.45, 2.75) is 26.8 Å². The van der Waals surface area contributed by atoms with Gasteiger partial charge in [0, 0.05) is 5.56 Å². The molecule has 0 bridgehead atoms. The Kier molecular flexibility index (Phi) is 2.57. The largest absolute Gasteiger partial charge is 0.508 e. The summed E-state index contributed by atoms with van der Waals surface area (Å²) in [5, 5.41) is 18.6. The highest BCUT2D eigenvalue weighted by Gasteiger charge is 2.46. The van der Waals surface area contributed by atoms with Gasteiger partial charge in [0.05, 0.1) is 6.04 Å². The van der Waals surface area contributed by atoms with Crippen molar-refractivity contribution in [3.63, 3.8) is 0 Å². The fourth-order valence-electron chi connectivity index (χ4n) is 2.41. The topological polar surface area (TPSA) is 77.8 Å². The summed E-state index contributed by atoms with van der Waals surface area (Å²) in [6.45, 7) is 5.63. The van der Waals surface area contributed by atoms with E-state index in [9.17, 15) is 19.8 Å². The molecule has 0 saturated heterocycles. The van der Waals surface area contributed by atoms with Crippen LogP contribution in [0.3, 0.4) is 0 Å². The highest BCUT2D eigenvalue weighted by molar-refractivity contribution is 6.07. The van der Waals surface area contributed by atoms with Crippen LogP contribution in [0.4, 0.5) is 4.79 Å². The van der Waals surface area contributed by atoms with Gasteiger partial charge in [0.15, 0.2) is 0 Å². The maximum atomic E-state index is 12.1. The first-order chi connectivity index (χ1) is 8.23. The molecule has 0 fully saturated rings. The van der Waals surface area contributed by atoms with Gasteiger partial charge in [-0.05, 0) is 23.1 Å². The van der Waals surface area contributed by atoms with Gasteiger partial charge < -0.3 is 10.2 Å². The molecule has 0 aliphatic carbocycles. The van der Waals surface area contributed by atoms with E-state index in [-0.39, 0.29) is 11.3 Å². The Labute approximate surface area is 105 Å². The number of benzene rings is 1. The van der Waals surface area contributed by atoms with Crippen molar-refractivity contribution in [3.05, 3.63) is 29.3 Å². The molecule has 0 aromatic heterocycles. The number of phenolic OH excluding ortho intramolecular Hbond substituents is 1. The van der Waals surface area contributed by atoms with Crippen molar-refractivity contribution in [3.8, 4) is 5.75 Å². The summed E-state index contributed by atoms with van der Waals surface area (Å²) in [5.74, 6) is -0.615. The predicted molar refractivity (Wildman–Crippen MR) is 64.5 cm³/mol. The van der Waals surface area contributed by atoms with Gasteiger partial charge in [0.1, 0.15) is 5.75 Å². The Morgan fingerprint density at radius 1 is 1.33 bits per heavy atom. The average Bonchev–Trinajstić information content (AvgIpc) is 2.51. The lowest BCUT2D eigenvalue weighted by atomic mass is 9.82. The minimum Gasteiger partial charge on any atom is -0.508 e. The molecule has 1 aromatic rings. The predicted octanol–water partition coefficient (Wildman–Crippen LogP) is 2.61. The van der Waals surface area contributed by atoms with E-state index in [1.54, 1.807) is 6.07 Å². The normalized spacial score (nSPS) is 18.9. The molecule has 1 aliphatic heterocycles. The third-order valence-electron chi connectivity index (χ3n) is 3.07. The summed E-state index contributed by atoms with van der Waals surface area (Å²) in [7, 11) is 0. The second-order valence-electron chi connectivity index (χ2n) is 5.50. The second kappa shape index (κ2) is 3.73. The number of rotatable bonds is 0. The number of fused-ring (bicyclic) bond motifs is 1. The highest BCUT2D eigenvalue weighted by atomic mass is 16.4. The Morgan fingerprint density at radius 2 is 1.94 bits per heavy atom. The maximum absolute atomic E-state index is 12.1. The average molecular weight is 249 g/mol. The third kappa shape index (κ3) is 1.72. The number of carbonyl (C=O) groups excluding carboxylic acids is 1. The number of amides is 2. The fourth-order valence-corrected chi connectivity index (χ4v) is 2.41. The summed E-state index contributed by atoms with van der Waals surface area (Å²) in [5.41, 5.74) is 0.501. The Balaban J connectivity index is 2.64. The van der Waals surface area contributed by atoms with Crippen molar-refractivity contribution in [1.82, 2.24) is 4.90 Å². The van der Waals surface area contributed by atoms with E-state index in [4.69, 9.17) is 0 Å². The van der Waals surface area contributed by atoms with Gasteiger partial charge in [-0.15, -0.1) is 0 Å². The van der Waals surface area contributed by atoms with Crippen LogP contribution in [0.15, 0.2) is 18.2 Å². The van der Waals surface area contributed by atoms with Crippen LogP contribution >= 0.6 is 0 Å². The first-order valence-electron chi connectivity index (χ1n) is 5.63. The summed E-state index contributed by atoms with van der Waals surface area (Å²) in [6.07, 6.45) is -1.27. The molecule has 1 unspecified atom stereocenters. The third-order valence-corrected chi connectivity index (χ3v) is 3.07. The summed E-state index contributed by atoms with van der Waals surface area (Å²) >= 11 is 0. The van der Waals surface area contributed by atoms with E-state index in [2.05, 4.69) is 0 Å². The Hall–Kier alpha value is -2.04. The van der Waals surface area contributed by atoms with Gasteiger partial charge in [-0.2, -0.15) is 0 Å². The van der Waals surface area contributed by atoms with Crippen LogP contribution in [0.5, 0.6) is 5.75 Å². The molecule has 5 nitrogen and oxygen atoms in total. The molecular formula is C13H15NO4. The van der Waals surface area contributed by atoms with Crippen molar-refractivity contribution in [2.24, 2.45) is 5.41 Å². The van der Waals surface area contributed by atoms with Crippen LogP contribution in [0.25, 0.3) is 0 Å². The second-order valence-corrected chi connectivity index (χ2v) is 5.50. The van der Waals surface area contributed by atoms with Crippen LogP contribution in [0.2, 0.25) is 0 Å². The molecule has 96 valence electrons. The molecule has 2 N–H and O–H groups in total. The van der Waals surface area contributed by atoms with Crippen LogP contribution in [0.1, 0.15) is 42.7 Å². The van der Waals surface area contributed by atoms with Crippen molar-refractivity contribution in [1.29, 1.82) is 0 Å². The smallest absolute Gasteiger partial charge is 0.414 e. The molecule has 0 radical (unpaired) electrons. The standard InChI is InChI=1S/C13H15NO4/c1-13(2,3)10-8-5-4-7(15)6-9(8)11(16)14(10)12(17)18/h4-6,10,15H,1-3H3,(H,17,18). The van der Waals surface area contributed by atoms with E-state index in [0.29, 0.717) is 5.56 Å². The van der Waals surface area contributed by atoms with Crippen molar-refractivity contribution in [2.75, 3.05) is 0 Å². The number of phenols is 1. The zero-order valence-corrected chi connectivity index (χ0v) is 10.5. The van der Waals surface area contributed by atoms with Gasteiger partial charge in [0.2, 0.25) is 0 Å². The molecule has 5 heteroatoms. The first-order valence-corrected chi connectivity index (χ1v) is 5.63. The number of hydrogen-bond donors (Lipinski definition) is 2.